The summed E-state index contributed by atoms with van der Waals surface area (Å²) >= 11 is 6.80. The second kappa shape index (κ2) is 9.85. The van der Waals surface area contributed by atoms with Gasteiger partial charge in [0, 0.05) is 52.3 Å². The van der Waals surface area contributed by atoms with Gasteiger partial charge in [-0.2, -0.15) is 4.31 Å². The van der Waals surface area contributed by atoms with Gasteiger partial charge in [0.2, 0.25) is 21.8 Å². The predicted octanol–water partition coefficient (Wildman–Crippen LogP) is 4.55. The van der Waals surface area contributed by atoms with Gasteiger partial charge in [-0.05, 0) is 77.2 Å². The molecule has 10 heteroatoms. The van der Waals surface area contributed by atoms with E-state index < -0.39 is 10.0 Å². The fraction of sp³-hybridized carbons (Fsp3) is 0.391. The molecule has 4 rings (SSSR count). The van der Waals surface area contributed by atoms with Crippen molar-refractivity contribution < 1.29 is 18.0 Å². The molecule has 0 atom stereocenters. The van der Waals surface area contributed by atoms with Crippen molar-refractivity contribution in [2.45, 2.75) is 37.5 Å². The van der Waals surface area contributed by atoms with E-state index in [-0.39, 0.29) is 35.7 Å². The smallest absolute Gasteiger partial charge is 0.244 e. The Kier molecular flexibility index (Phi) is 7.28. The van der Waals surface area contributed by atoms with Crippen LogP contribution in [-0.4, -0.2) is 44.2 Å². The fourth-order valence-electron chi connectivity index (χ4n) is 4.31. The van der Waals surface area contributed by atoms with Crippen LogP contribution in [0, 0.1) is 5.92 Å². The minimum Gasteiger partial charge on any atom is -0.326 e. The van der Waals surface area contributed by atoms with E-state index in [9.17, 15) is 18.0 Å². The molecule has 1 N–H and O–H groups in total. The first-order chi connectivity index (χ1) is 15.7. The van der Waals surface area contributed by atoms with E-state index in [0.717, 1.165) is 10.0 Å². The van der Waals surface area contributed by atoms with Gasteiger partial charge in [0.05, 0.1) is 4.90 Å². The molecule has 2 aromatic rings. The van der Waals surface area contributed by atoms with Crippen molar-refractivity contribution in [2.75, 3.05) is 29.9 Å². The van der Waals surface area contributed by atoms with Crippen molar-refractivity contribution in [3.05, 3.63) is 50.9 Å². The summed E-state index contributed by atoms with van der Waals surface area (Å²) in [6.45, 7) is 2.90. The molecule has 2 aliphatic heterocycles. The van der Waals surface area contributed by atoms with Gasteiger partial charge in [-0.15, -0.1) is 0 Å². The number of sulfonamides is 1. The van der Waals surface area contributed by atoms with Crippen molar-refractivity contribution in [1.82, 2.24) is 4.31 Å². The number of halogens is 2. The number of piperidine rings is 1. The molecule has 2 aromatic carbocycles. The molecule has 1 fully saturated rings. The Labute approximate surface area is 210 Å². The Morgan fingerprint density at radius 3 is 2.36 bits per heavy atom. The first-order valence-electron chi connectivity index (χ1n) is 10.9. The highest BCUT2D eigenvalue weighted by Crippen LogP contribution is 2.37. The van der Waals surface area contributed by atoms with Gasteiger partial charge in [-0.25, -0.2) is 8.42 Å². The summed E-state index contributed by atoms with van der Waals surface area (Å²) in [6.07, 6.45) is 1.97. The van der Waals surface area contributed by atoms with Gasteiger partial charge in [-0.3, -0.25) is 9.59 Å². The molecular formula is C23H25Br2N3O4S. The zero-order valence-corrected chi connectivity index (χ0v) is 22.2. The number of carbonyl (C=O) groups is 2. The van der Waals surface area contributed by atoms with Gasteiger partial charge in [0.1, 0.15) is 0 Å². The molecule has 0 spiro atoms. The Morgan fingerprint density at radius 1 is 1.06 bits per heavy atom. The maximum absolute atomic E-state index is 13.4. The number of amides is 2. The summed E-state index contributed by atoms with van der Waals surface area (Å²) < 4.78 is 29.7. The van der Waals surface area contributed by atoms with Crippen LogP contribution in [0.5, 0.6) is 0 Å². The first-order valence-corrected chi connectivity index (χ1v) is 13.9. The van der Waals surface area contributed by atoms with Crippen LogP contribution < -0.4 is 10.2 Å². The second-order valence-corrected chi connectivity index (χ2v) is 11.9. The molecule has 0 unspecified atom stereocenters. The van der Waals surface area contributed by atoms with E-state index in [1.807, 2.05) is 30.3 Å². The molecular weight excluding hydrogens is 574 g/mol. The molecule has 2 heterocycles. The van der Waals surface area contributed by atoms with Crippen molar-refractivity contribution >= 4 is 65.1 Å². The third kappa shape index (κ3) is 5.03. The van der Waals surface area contributed by atoms with Gasteiger partial charge in [0.15, 0.2) is 0 Å². The minimum atomic E-state index is -3.77. The quantitative estimate of drug-likeness (QED) is 0.547. The highest BCUT2D eigenvalue weighted by Gasteiger charge is 2.35. The molecule has 0 radical (unpaired) electrons. The number of carbonyl (C=O) groups excluding carboxylic acids is 2. The van der Waals surface area contributed by atoms with Gasteiger partial charge in [0.25, 0.3) is 0 Å². The number of hydrogen-bond donors (Lipinski definition) is 1. The molecule has 0 aromatic heterocycles. The zero-order chi connectivity index (χ0) is 23.8. The molecule has 7 nitrogen and oxygen atoms in total. The normalized spacial score (nSPS) is 17.1. The Balaban J connectivity index is 1.47. The molecule has 1 saturated heterocycles. The number of anilines is 2. The SMILES string of the molecule is CCC(=O)N1CCc2cc(Br)c(S(=O)(=O)N3CCC(C(=O)Nc4ccc(Br)cc4)CC3)cc21. The number of fused-ring (bicyclic) bond motifs is 1. The topological polar surface area (TPSA) is 86.8 Å². The number of nitrogens with zero attached hydrogens (tertiary/aromatic N) is 2. The van der Waals surface area contributed by atoms with E-state index in [2.05, 4.69) is 37.2 Å². The number of hydrogen-bond acceptors (Lipinski definition) is 4. The third-order valence-corrected chi connectivity index (χ3v) is 9.57. The molecule has 176 valence electrons. The number of nitrogens with one attached hydrogen (secondary N) is 1. The summed E-state index contributed by atoms with van der Waals surface area (Å²) in [5.74, 6) is -0.361. The lowest BCUT2D eigenvalue weighted by Crippen LogP contribution is -2.41. The second-order valence-electron chi connectivity index (χ2n) is 8.23. The number of rotatable bonds is 5. The van der Waals surface area contributed by atoms with Crippen LogP contribution in [0.25, 0.3) is 0 Å². The van der Waals surface area contributed by atoms with Gasteiger partial charge in [-0.1, -0.05) is 22.9 Å². The fourth-order valence-corrected chi connectivity index (χ4v) is 7.12. The predicted molar refractivity (Wildman–Crippen MR) is 135 cm³/mol. The van der Waals surface area contributed by atoms with Crippen LogP contribution in [0.1, 0.15) is 31.7 Å². The zero-order valence-electron chi connectivity index (χ0n) is 18.2. The minimum absolute atomic E-state index is 0.0166. The Bertz CT molecular complexity index is 1180. The lowest BCUT2D eigenvalue weighted by Gasteiger charge is -2.31. The summed E-state index contributed by atoms with van der Waals surface area (Å²) in [6, 6.07) is 10.8. The molecule has 0 aliphatic carbocycles. The van der Waals surface area contributed by atoms with Crippen LogP contribution in [0.3, 0.4) is 0 Å². The van der Waals surface area contributed by atoms with Crippen molar-refractivity contribution in [1.29, 1.82) is 0 Å². The van der Waals surface area contributed by atoms with Crippen molar-refractivity contribution in [2.24, 2.45) is 5.92 Å². The highest BCUT2D eigenvalue weighted by atomic mass is 79.9. The maximum Gasteiger partial charge on any atom is 0.244 e. The molecule has 2 amide bonds. The van der Waals surface area contributed by atoms with Crippen LogP contribution in [0.4, 0.5) is 11.4 Å². The standard InChI is InChI=1S/C23H25Br2N3O4S/c1-2-22(29)28-12-9-16-13-19(25)21(14-20(16)28)33(31,32)27-10-7-15(8-11-27)23(30)26-18-5-3-17(24)4-6-18/h3-6,13-15H,2,7-12H2,1H3,(H,26,30). The van der Waals surface area contributed by atoms with E-state index in [0.29, 0.717) is 48.1 Å². The highest BCUT2D eigenvalue weighted by molar-refractivity contribution is 9.10. The van der Waals surface area contributed by atoms with Crippen LogP contribution in [-0.2, 0) is 26.0 Å². The average Bonchev–Trinajstić information content (AvgIpc) is 3.22. The Morgan fingerprint density at radius 2 is 1.73 bits per heavy atom. The van der Waals surface area contributed by atoms with E-state index in [1.165, 1.54) is 4.31 Å². The third-order valence-electron chi connectivity index (χ3n) is 6.19. The molecule has 0 bridgehead atoms. The average molecular weight is 599 g/mol. The van der Waals surface area contributed by atoms with Gasteiger partial charge < -0.3 is 10.2 Å². The summed E-state index contributed by atoms with van der Waals surface area (Å²) in [5, 5.41) is 2.91. The largest absolute Gasteiger partial charge is 0.326 e. The van der Waals surface area contributed by atoms with E-state index in [4.69, 9.17) is 0 Å². The van der Waals surface area contributed by atoms with Crippen LogP contribution in [0.2, 0.25) is 0 Å². The first kappa shape index (κ1) is 24.4. The molecule has 0 saturated carbocycles. The monoisotopic (exact) mass is 597 g/mol. The van der Waals surface area contributed by atoms with E-state index in [1.54, 1.807) is 17.9 Å². The summed E-state index contributed by atoms with van der Waals surface area (Å²) in [4.78, 5) is 26.8. The molecule has 33 heavy (non-hydrogen) atoms. The Hall–Kier alpha value is -1.75. The summed E-state index contributed by atoms with van der Waals surface area (Å²) in [5.41, 5.74) is 2.35. The summed E-state index contributed by atoms with van der Waals surface area (Å²) in [7, 11) is -3.77. The lowest BCUT2D eigenvalue weighted by atomic mass is 9.97. The molecule has 2 aliphatic rings. The van der Waals surface area contributed by atoms with Crippen LogP contribution >= 0.6 is 31.9 Å². The number of benzene rings is 2. The van der Waals surface area contributed by atoms with Crippen LogP contribution in [0.15, 0.2) is 50.2 Å². The lowest BCUT2D eigenvalue weighted by molar-refractivity contribution is -0.121. The van der Waals surface area contributed by atoms with Gasteiger partial charge >= 0.3 is 0 Å². The van der Waals surface area contributed by atoms with Crippen molar-refractivity contribution in [3.8, 4) is 0 Å². The maximum atomic E-state index is 13.4. The van der Waals surface area contributed by atoms with Crippen molar-refractivity contribution in [3.63, 3.8) is 0 Å². The van der Waals surface area contributed by atoms with E-state index >= 15 is 0 Å².